The zero-order valence-electron chi connectivity index (χ0n) is 6.97. The van der Waals surface area contributed by atoms with Crippen LogP contribution in [0.25, 0.3) is 0 Å². The molecule has 3 nitrogen and oxygen atoms in total. The number of nitrogens with two attached hydrogens (primary N) is 1. The molecule has 1 fully saturated rings. The van der Waals surface area contributed by atoms with Crippen molar-refractivity contribution in [2.24, 2.45) is 5.73 Å². The summed E-state index contributed by atoms with van der Waals surface area (Å²) in [4.78, 5) is 10.9. The summed E-state index contributed by atoms with van der Waals surface area (Å²) in [6.45, 7) is 2.10. The Morgan fingerprint density at radius 1 is 1.73 bits per heavy atom. The van der Waals surface area contributed by atoms with Crippen LogP contribution in [0.3, 0.4) is 0 Å². The minimum absolute atomic E-state index is 0.158. The molecule has 1 aliphatic rings. The third-order valence-electron chi connectivity index (χ3n) is 2.17. The number of nitrogens with one attached hydrogen (secondary N) is 1. The largest absolute Gasteiger partial charge is 0.352 e. The van der Waals surface area contributed by atoms with Crippen molar-refractivity contribution in [3.05, 3.63) is 0 Å². The van der Waals surface area contributed by atoms with E-state index in [2.05, 4.69) is 12.2 Å². The monoisotopic (exact) mass is 156 g/mol. The lowest BCUT2D eigenvalue weighted by Crippen LogP contribution is -2.51. The Kier molecular flexibility index (Phi) is 2.88. The molecule has 0 spiro atoms. The van der Waals surface area contributed by atoms with Crippen LogP contribution in [0.2, 0.25) is 0 Å². The third-order valence-corrected chi connectivity index (χ3v) is 2.17. The van der Waals surface area contributed by atoms with E-state index >= 15 is 0 Å². The van der Waals surface area contributed by atoms with Crippen LogP contribution in [-0.4, -0.2) is 18.0 Å². The summed E-state index contributed by atoms with van der Waals surface area (Å²) >= 11 is 0. The van der Waals surface area contributed by atoms with Crippen molar-refractivity contribution in [2.45, 2.75) is 44.7 Å². The van der Waals surface area contributed by atoms with Gasteiger partial charge in [0.15, 0.2) is 0 Å². The average Bonchev–Trinajstić information content (AvgIpc) is 1.98. The van der Waals surface area contributed by atoms with E-state index in [9.17, 15) is 4.79 Å². The van der Waals surface area contributed by atoms with Gasteiger partial charge in [0.25, 0.3) is 0 Å². The first kappa shape index (κ1) is 8.53. The summed E-state index contributed by atoms with van der Waals surface area (Å²) in [5.41, 5.74) is 5.81. The summed E-state index contributed by atoms with van der Waals surface area (Å²) < 4.78 is 0. The quantitative estimate of drug-likeness (QED) is 0.607. The van der Waals surface area contributed by atoms with Gasteiger partial charge in [-0.1, -0.05) is 13.3 Å². The standard InChI is InChI=1S/C8H16N2O/c1-2-3-7-6(9)4-5-8(11)10-7/h6-7H,2-5,9H2,1H3,(H,10,11)/t6-,7?/m0/s1. The number of carbonyl (C=O) groups is 1. The van der Waals surface area contributed by atoms with Gasteiger partial charge >= 0.3 is 0 Å². The minimum Gasteiger partial charge on any atom is -0.352 e. The molecule has 3 heteroatoms. The zero-order chi connectivity index (χ0) is 8.27. The Morgan fingerprint density at radius 3 is 3.09 bits per heavy atom. The molecular formula is C8H16N2O. The smallest absolute Gasteiger partial charge is 0.220 e. The summed E-state index contributed by atoms with van der Waals surface area (Å²) in [6.07, 6.45) is 3.53. The first-order chi connectivity index (χ1) is 5.24. The van der Waals surface area contributed by atoms with Crippen molar-refractivity contribution in [3.63, 3.8) is 0 Å². The topological polar surface area (TPSA) is 55.1 Å². The molecule has 0 aliphatic carbocycles. The number of hydrogen-bond donors (Lipinski definition) is 2. The summed E-state index contributed by atoms with van der Waals surface area (Å²) in [6, 6.07) is 0.397. The molecule has 1 aliphatic heterocycles. The molecule has 1 rings (SSSR count). The molecule has 0 aromatic rings. The molecule has 1 saturated heterocycles. The second-order valence-electron chi connectivity index (χ2n) is 3.17. The zero-order valence-corrected chi connectivity index (χ0v) is 6.97. The van der Waals surface area contributed by atoms with Gasteiger partial charge in [-0.25, -0.2) is 0 Å². The van der Waals surface area contributed by atoms with Gasteiger partial charge in [0.2, 0.25) is 5.91 Å². The van der Waals surface area contributed by atoms with Crippen LogP contribution < -0.4 is 11.1 Å². The van der Waals surface area contributed by atoms with E-state index in [0.717, 1.165) is 19.3 Å². The molecule has 64 valence electrons. The number of amides is 1. The van der Waals surface area contributed by atoms with Crippen molar-refractivity contribution in [3.8, 4) is 0 Å². The van der Waals surface area contributed by atoms with Gasteiger partial charge in [-0.2, -0.15) is 0 Å². The first-order valence-electron chi connectivity index (χ1n) is 4.29. The maximum atomic E-state index is 10.9. The van der Waals surface area contributed by atoms with Crippen molar-refractivity contribution in [1.82, 2.24) is 5.32 Å². The Hall–Kier alpha value is -0.570. The average molecular weight is 156 g/mol. The van der Waals surface area contributed by atoms with Gasteiger partial charge in [-0.05, 0) is 12.8 Å². The van der Waals surface area contributed by atoms with Crippen molar-refractivity contribution in [1.29, 1.82) is 0 Å². The molecular weight excluding hydrogens is 140 g/mol. The molecule has 0 saturated carbocycles. The van der Waals surface area contributed by atoms with Crippen LogP contribution in [0.4, 0.5) is 0 Å². The molecule has 1 amide bonds. The molecule has 1 heterocycles. The van der Waals surface area contributed by atoms with Crippen LogP contribution in [-0.2, 0) is 4.79 Å². The van der Waals surface area contributed by atoms with Crippen LogP contribution in [0.1, 0.15) is 32.6 Å². The SMILES string of the molecule is CCCC1NC(=O)CC[C@@H]1N. The molecule has 11 heavy (non-hydrogen) atoms. The van der Waals surface area contributed by atoms with Crippen molar-refractivity contribution >= 4 is 5.91 Å². The lowest BCUT2D eigenvalue weighted by molar-refractivity contribution is -0.123. The van der Waals surface area contributed by atoms with Crippen LogP contribution >= 0.6 is 0 Å². The molecule has 0 radical (unpaired) electrons. The summed E-state index contributed by atoms with van der Waals surface area (Å²) in [5.74, 6) is 0.158. The lowest BCUT2D eigenvalue weighted by atomic mass is 9.95. The maximum absolute atomic E-state index is 10.9. The van der Waals surface area contributed by atoms with E-state index in [0.29, 0.717) is 6.42 Å². The highest BCUT2D eigenvalue weighted by Gasteiger charge is 2.24. The maximum Gasteiger partial charge on any atom is 0.220 e. The van der Waals surface area contributed by atoms with E-state index in [1.807, 2.05) is 0 Å². The molecule has 0 aromatic carbocycles. The summed E-state index contributed by atoms with van der Waals surface area (Å²) in [7, 11) is 0. The fourth-order valence-electron chi connectivity index (χ4n) is 1.48. The van der Waals surface area contributed by atoms with E-state index in [1.54, 1.807) is 0 Å². The Balaban J connectivity index is 2.40. The van der Waals surface area contributed by atoms with E-state index in [4.69, 9.17) is 5.73 Å². The second-order valence-corrected chi connectivity index (χ2v) is 3.17. The highest BCUT2D eigenvalue weighted by atomic mass is 16.1. The predicted octanol–water partition coefficient (Wildman–Crippen LogP) is 0.392. The number of piperidine rings is 1. The Bertz CT molecular complexity index is 147. The van der Waals surface area contributed by atoms with Crippen LogP contribution in [0.5, 0.6) is 0 Å². The van der Waals surface area contributed by atoms with Crippen molar-refractivity contribution in [2.75, 3.05) is 0 Å². The van der Waals surface area contributed by atoms with Gasteiger partial charge < -0.3 is 11.1 Å². The Labute approximate surface area is 67.3 Å². The molecule has 0 bridgehead atoms. The van der Waals surface area contributed by atoms with Crippen LogP contribution in [0.15, 0.2) is 0 Å². The van der Waals surface area contributed by atoms with Gasteiger partial charge in [0.1, 0.15) is 0 Å². The number of hydrogen-bond acceptors (Lipinski definition) is 2. The molecule has 1 unspecified atom stereocenters. The fourth-order valence-corrected chi connectivity index (χ4v) is 1.48. The van der Waals surface area contributed by atoms with Gasteiger partial charge in [0.05, 0.1) is 0 Å². The van der Waals surface area contributed by atoms with Gasteiger partial charge in [-0.15, -0.1) is 0 Å². The van der Waals surface area contributed by atoms with E-state index < -0.39 is 0 Å². The lowest BCUT2D eigenvalue weighted by Gasteiger charge is -2.29. The number of rotatable bonds is 2. The molecule has 3 N–H and O–H groups in total. The predicted molar refractivity (Wildman–Crippen MR) is 44.0 cm³/mol. The number of carbonyl (C=O) groups excluding carboxylic acids is 1. The normalized spacial score (nSPS) is 31.6. The summed E-state index contributed by atoms with van der Waals surface area (Å²) in [5, 5.41) is 2.90. The Morgan fingerprint density at radius 2 is 2.45 bits per heavy atom. The molecule has 2 atom stereocenters. The first-order valence-corrected chi connectivity index (χ1v) is 4.29. The molecule has 0 aromatic heterocycles. The fraction of sp³-hybridized carbons (Fsp3) is 0.875. The highest BCUT2D eigenvalue weighted by Crippen LogP contribution is 2.11. The van der Waals surface area contributed by atoms with Crippen molar-refractivity contribution < 1.29 is 4.79 Å². The minimum atomic E-state index is 0.158. The third kappa shape index (κ3) is 2.19. The van der Waals surface area contributed by atoms with Crippen LogP contribution in [0, 0.1) is 0 Å². The van der Waals surface area contributed by atoms with E-state index in [-0.39, 0.29) is 18.0 Å². The van der Waals surface area contributed by atoms with Gasteiger partial charge in [0, 0.05) is 18.5 Å². The van der Waals surface area contributed by atoms with Gasteiger partial charge in [-0.3, -0.25) is 4.79 Å². The highest BCUT2D eigenvalue weighted by molar-refractivity contribution is 5.77. The van der Waals surface area contributed by atoms with E-state index in [1.165, 1.54) is 0 Å². The second kappa shape index (κ2) is 3.72.